The first-order chi connectivity index (χ1) is 10.2. The second kappa shape index (κ2) is 5.75. The molecule has 0 aliphatic carbocycles. The van der Waals surface area contributed by atoms with Gasteiger partial charge in [0.1, 0.15) is 0 Å². The van der Waals surface area contributed by atoms with Crippen LogP contribution >= 0.6 is 0 Å². The Balaban J connectivity index is 1.67. The Bertz CT molecular complexity index is 764. The number of rotatable bonds is 4. The molecule has 21 heavy (non-hydrogen) atoms. The van der Waals surface area contributed by atoms with E-state index in [0.29, 0.717) is 18.7 Å². The Morgan fingerprint density at radius 3 is 2.95 bits per heavy atom. The van der Waals surface area contributed by atoms with E-state index in [0.717, 1.165) is 10.9 Å². The fourth-order valence-corrected chi connectivity index (χ4v) is 2.29. The van der Waals surface area contributed by atoms with Crippen molar-refractivity contribution in [3.05, 3.63) is 54.5 Å². The number of benzene rings is 1. The number of amides is 1. The summed E-state index contributed by atoms with van der Waals surface area (Å²) in [7, 11) is 0. The third-order valence-electron chi connectivity index (χ3n) is 3.40. The summed E-state index contributed by atoms with van der Waals surface area (Å²) in [6, 6.07) is 9.69. The zero-order valence-corrected chi connectivity index (χ0v) is 11.8. The molecule has 5 nitrogen and oxygen atoms in total. The molecule has 0 bridgehead atoms. The number of hydrogen-bond donors (Lipinski definition) is 1. The van der Waals surface area contributed by atoms with E-state index in [-0.39, 0.29) is 5.91 Å². The van der Waals surface area contributed by atoms with Crippen molar-refractivity contribution in [3.63, 3.8) is 0 Å². The van der Waals surface area contributed by atoms with E-state index in [2.05, 4.69) is 28.4 Å². The summed E-state index contributed by atoms with van der Waals surface area (Å²) in [5.41, 5.74) is 2.96. The summed E-state index contributed by atoms with van der Waals surface area (Å²) in [6.45, 7) is 2.61. The van der Waals surface area contributed by atoms with Crippen LogP contribution in [0.5, 0.6) is 0 Å². The quantitative estimate of drug-likeness (QED) is 0.799. The van der Waals surface area contributed by atoms with Crippen LogP contribution in [0.25, 0.3) is 10.9 Å². The van der Waals surface area contributed by atoms with Crippen LogP contribution in [0, 0.1) is 6.92 Å². The SMILES string of the molecule is Cc1cccc2c1cnn2CCC(=O)Nc1cccnc1. The lowest BCUT2D eigenvalue weighted by Crippen LogP contribution is -2.15. The summed E-state index contributed by atoms with van der Waals surface area (Å²) in [5.74, 6) is -0.0423. The van der Waals surface area contributed by atoms with E-state index in [1.807, 2.05) is 29.1 Å². The molecular formula is C16H16N4O. The number of aryl methyl sites for hydroxylation is 2. The third kappa shape index (κ3) is 2.91. The number of carbonyl (C=O) groups is 1. The van der Waals surface area contributed by atoms with Crippen molar-refractivity contribution >= 4 is 22.5 Å². The van der Waals surface area contributed by atoms with Gasteiger partial charge in [0.25, 0.3) is 0 Å². The fraction of sp³-hybridized carbons (Fsp3) is 0.188. The largest absolute Gasteiger partial charge is 0.325 e. The topological polar surface area (TPSA) is 59.8 Å². The molecule has 2 aromatic heterocycles. The molecule has 0 aliphatic heterocycles. The van der Waals surface area contributed by atoms with E-state index < -0.39 is 0 Å². The van der Waals surface area contributed by atoms with Gasteiger partial charge in [0.05, 0.1) is 30.1 Å². The summed E-state index contributed by atoms with van der Waals surface area (Å²) < 4.78 is 1.87. The summed E-state index contributed by atoms with van der Waals surface area (Å²) in [6.07, 6.45) is 5.53. The van der Waals surface area contributed by atoms with Crippen LogP contribution in [-0.4, -0.2) is 20.7 Å². The highest BCUT2D eigenvalue weighted by Crippen LogP contribution is 2.17. The molecular weight excluding hydrogens is 264 g/mol. The maximum absolute atomic E-state index is 11.9. The van der Waals surface area contributed by atoms with Gasteiger partial charge in [0.2, 0.25) is 5.91 Å². The lowest BCUT2D eigenvalue weighted by molar-refractivity contribution is -0.116. The minimum Gasteiger partial charge on any atom is -0.325 e. The molecule has 5 heteroatoms. The van der Waals surface area contributed by atoms with Crippen LogP contribution < -0.4 is 5.32 Å². The normalized spacial score (nSPS) is 10.7. The zero-order valence-electron chi connectivity index (χ0n) is 11.8. The molecule has 3 aromatic rings. The molecule has 0 radical (unpaired) electrons. The first-order valence-corrected chi connectivity index (χ1v) is 6.85. The fourth-order valence-electron chi connectivity index (χ4n) is 2.29. The predicted octanol–water partition coefficient (Wildman–Crippen LogP) is 2.77. The van der Waals surface area contributed by atoms with E-state index in [4.69, 9.17) is 0 Å². The molecule has 1 N–H and O–H groups in total. The van der Waals surface area contributed by atoms with Gasteiger partial charge >= 0.3 is 0 Å². The molecule has 0 unspecified atom stereocenters. The minimum atomic E-state index is -0.0423. The van der Waals surface area contributed by atoms with Crippen LogP contribution in [0.1, 0.15) is 12.0 Å². The standard InChI is InChI=1S/C16H16N4O/c1-12-4-2-6-15-14(12)11-18-20(15)9-7-16(21)19-13-5-3-8-17-10-13/h2-6,8,10-11H,7,9H2,1H3,(H,19,21). The number of aromatic nitrogens is 3. The first kappa shape index (κ1) is 13.3. The first-order valence-electron chi connectivity index (χ1n) is 6.85. The number of pyridine rings is 1. The van der Waals surface area contributed by atoms with Gasteiger partial charge in [-0.1, -0.05) is 12.1 Å². The van der Waals surface area contributed by atoms with E-state index in [1.165, 1.54) is 5.56 Å². The number of nitrogens with one attached hydrogen (secondary N) is 1. The van der Waals surface area contributed by atoms with Crippen molar-refractivity contribution in [2.24, 2.45) is 0 Å². The molecule has 0 aliphatic rings. The Morgan fingerprint density at radius 2 is 2.14 bits per heavy atom. The van der Waals surface area contributed by atoms with Crippen LogP contribution in [0.4, 0.5) is 5.69 Å². The molecule has 0 spiro atoms. The second-order valence-electron chi connectivity index (χ2n) is 4.92. The van der Waals surface area contributed by atoms with Gasteiger partial charge in [-0.05, 0) is 30.7 Å². The minimum absolute atomic E-state index is 0.0423. The highest BCUT2D eigenvalue weighted by Gasteiger charge is 2.07. The van der Waals surface area contributed by atoms with Crippen LogP contribution in [-0.2, 0) is 11.3 Å². The maximum atomic E-state index is 11.9. The third-order valence-corrected chi connectivity index (χ3v) is 3.40. The highest BCUT2D eigenvalue weighted by molar-refractivity contribution is 5.90. The number of hydrogen-bond acceptors (Lipinski definition) is 3. The van der Waals surface area contributed by atoms with Gasteiger partial charge in [-0.15, -0.1) is 0 Å². The van der Waals surface area contributed by atoms with E-state index >= 15 is 0 Å². The van der Waals surface area contributed by atoms with Gasteiger partial charge in [0, 0.05) is 18.0 Å². The second-order valence-corrected chi connectivity index (χ2v) is 4.92. The summed E-state index contributed by atoms with van der Waals surface area (Å²) in [5, 5.41) is 8.31. The molecule has 0 saturated heterocycles. The Hall–Kier alpha value is -2.69. The van der Waals surface area contributed by atoms with Crippen LogP contribution in [0.15, 0.2) is 48.9 Å². The Labute approximate surface area is 122 Å². The highest BCUT2D eigenvalue weighted by atomic mass is 16.1. The summed E-state index contributed by atoms with van der Waals surface area (Å²) >= 11 is 0. The van der Waals surface area contributed by atoms with Crippen molar-refractivity contribution in [1.82, 2.24) is 14.8 Å². The molecule has 1 amide bonds. The summed E-state index contributed by atoms with van der Waals surface area (Å²) in [4.78, 5) is 15.9. The van der Waals surface area contributed by atoms with Crippen LogP contribution in [0.2, 0.25) is 0 Å². The Kier molecular flexibility index (Phi) is 3.64. The number of fused-ring (bicyclic) bond motifs is 1. The molecule has 3 rings (SSSR count). The van der Waals surface area contributed by atoms with Crippen LogP contribution in [0.3, 0.4) is 0 Å². The monoisotopic (exact) mass is 280 g/mol. The Morgan fingerprint density at radius 1 is 1.24 bits per heavy atom. The molecule has 0 saturated carbocycles. The maximum Gasteiger partial charge on any atom is 0.226 e. The van der Waals surface area contributed by atoms with E-state index in [9.17, 15) is 4.79 Å². The lowest BCUT2D eigenvalue weighted by atomic mass is 10.1. The molecule has 1 aromatic carbocycles. The van der Waals surface area contributed by atoms with Crippen molar-refractivity contribution in [3.8, 4) is 0 Å². The smallest absolute Gasteiger partial charge is 0.226 e. The van der Waals surface area contributed by atoms with Gasteiger partial charge in [-0.3, -0.25) is 14.5 Å². The van der Waals surface area contributed by atoms with Crippen molar-refractivity contribution in [2.45, 2.75) is 19.9 Å². The van der Waals surface area contributed by atoms with Gasteiger partial charge in [0.15, 0.2) is 0 Å². The van der Waals surface area contributed by atoms with Crippen molar-refractivity contribution in [2.75, 3.05) is 5.32 Å². The number of anilines is 1. The average Bonchev–Trinajstić information content (AvgIpc) is 2.91. The molecule has 0 fully saturated rings. The van der Waals surface area contributed by atoms with Crippen molar-refractivity contribution < 1.29 is 4.79 Å². The van der Waals surface area contributed by atoms with E-state index in [1.54, 1.807) is 18.5 Å². The van der Waals surface area contributed by atoms with Gasteiger partial charge < -0.3 is 5.32 Å². The molecule has 2 heterocycles. The molecule has 106 valence electrons. The zero-order chi connectivity index (χ0) is 14.7. The number of carbonyl (C=O) groups excluding carboxylic acids is 1. The lowest BCUT2D eigenvalue weighted by Gasteiger charge is -2.06. The number of nitrogens with zero attached hydrogens (tertiary/aromatic N) is 3. The molecule has 0 atom stereocenters. The van der Waals surface area contributed by atoms with Gasteiger partial charge in [-0.2, -0.15) is 5.10 Å². The van der Waals surface area contributed by atoms with Gasteiger partial charge in [-0.25, -0.2) is 0 Å². The average molecular weight is 280 g/mol. The van der Waals surface area contributed by atoms with Crippen molar-refractivity contribution in [1.29, 1.82) is 0 Å². The predicted molar refractivity (Wildman–Crippen MR) is 82.0 cm³/mol.